The molecule has 3 N–H and O–H groups in total. The number of aliphatic hydroxyl groups excluding tert-OH is 2. The van der Waals surface area contributed by atoms with Crippen LogP contribution in [0.15, 0.2) is 120 Å². The molecule has 6 unspecified atom stereocenters. The van der Waals surface area contributed by atoms with Crippen LogP contribution in [0.2, 0.25) is 0 Å². The average Bonchev–Trinajstić information content (AvgIpc) is 3.44. The summed E-state index contributed by atoms with van der Waals surface area (Å²) >= 11 is 0. The second-order valence-corrected chi connectivity index (χ2v) is 20.3. The van der Waals surface area contributed by atoms with E-state index in [9.17, 15) is 19.4 Å². The summed E-state index contributed by atoms with van der Waals surface area (Å²) in [6.45, 7) is 6.84. The summed E-state index contributed by atoms with van der Waals surface area (Å²) in [5.74, 6) is -1.33. The normalized spacial score (nSPS) is 20.8. The number of hydrogen-bond acceptors (Lipinski definition) is 11. The van der Waals surface area contributed by atoms with E-state index < -0.39 is 23.8 Å². The number of rotatable bonds is 31. The predicted octanol–water partition coefficient (Wildman–Crippen LogP) is 13.2. The molecular formula is C62H80FN3O10. The lowest BCUT2D eigenvalue weighted by atomic mass is 9.55. The van der Waals surface area contributed by atoms with Gasteiger partial charge in [-0.3, -0.25) is 10.1 Å². The Kier molecular flexibility index (Phi) is 22.2. The molecule has 4 aromatic carbocycles. The summed E-state index contributed by atoms with van der Waals surface area (Å²) in [5.41, 5.74) is 4.40. The van der Waals surface area contributed by atoms with E-state index >= 15 is 4.79 Å². The number of nitrogens with zero attached hydrogens (tertiary/aromatic N) is 2. The lowest BCUT2D eigenvalue weighted by Crippen LogP contribution is -2.70. The van der Waals surface area contributed by atoms with Crippen molar-refractivity contribution in [1.82, 2.24) is 4.90 Å². The quantitative estimate of drug-likeness (QED) is 0.0252. The molecule has 1 saturated carbocycles. The molecule has 7 rings (SSSR count). The maximum atomic E-state index is 15.3. The van der Waals surface area contributed by atoms with Gasteiger partial charge in [0.25, 0.3) is 0 Å². The number of ether oxygens (including phenoxy) is 5. The number of carbonyl (C=O) groups is 2. The molecule has 14 heteroatoms. The van der Waals surface area contributed by atoms with E-state index in [4.69, 9.17) is 33.7 Å². The smallest absolute Gasteiger partial charge is 0.417 e. The number of methoxy groups -OCH3 is 2. The van der Waals surface area contributed by atoms with Crippen LogP contribution in [-0.2, 0) is 27.5 Å². The van der Waals surface area contributed by atoms with Gasteiger partial charge in [-0.15, -0.1) is 6.58 Å². The van der Waals surface area contributed by atoms with Gasteiger partial charge in [0.15, 0.2) is 0 Å². The zero-order valence-corrected chi connectivity index (χ0v) is 44.9. The largest absolute Gasteiger partial charge is 0.497 e. The highest BCUT2D eigenvalue weighted by Gasteiger charge is 2.65. The number of fused-ring (bicyclic) bond motifs is 2. The fourth-order valence-corrected chi connectivity index (χ4v) is 11.5. The number of amides is 2. The van der Waals surface area contributed by atoms with Gasteiger partial charge in [0.05, 0.1) is 38.1 Å². The summed E-state index contributed by atoms with van der Waals surface area (Å²) in [6, 6.07) is 25.7. The van der Waals surface area contributed by atoms with Crippen LogP contribution in [0, 0.1) is 23.6 Å². The second kappa shape index (κ2) is 29.3. The number of aliphatic hydroxyl groups is 2. The maximum Gasteiger partial charge on any atom is 0.417 e. The minimum atomic E-state index is -1.53. The number of carbonyl (C=O) groups excluding carboxylic acids is 2. The summed E-state index contributed by atoms with van der Waals surface area (Å²) in [5, 5.41) is 28.0. The second-order valence-electron chi connectivity index (χ2n) is 20.3. The van der Waals surface area contributed by atoms with Crippen LogP contribution in [0.25, 0.3) is 0 Å². The summed E-state index contributed by atoms with van der Waals surface area (Å²) < 4.78 is 46.3. The molecule has 4 aromatic rings. The van der Waals surface area contributed by atoms with Crippen LogP contribution >= 0.6 is 0 Å². The van der Waals surface area contributed by atoms with Crippen molar-refractivity contribution in [2.24, 2.45) is 22.9 Å². The van der Waals surface area contributed by atoms with Crippen molar-refractivity contribution < 1.29 is 52.7 Å². The fraction of sp³-hybridized carbons (Fsp3) is 0.500. The number of hydrogen-bond donors (Lipinski definition) is 3. The van der Waals surface area contributed by atoms with Gasteiger partial charge in [-0.1, -0.05) is 131 Å². The van der Waals surface area contributed by atoms with Crippen LogP contribution < -0.4 is 24.3 Å². The van der Waals surface area contributed by atoms with E-state index in [0.29, 0.717) is 54.3 Å². The Hall–Kier alpha value is -6.22. The number of anilines is 1. The standard InChI is InChI=1S/C62H80FN3O10/c1-5-7-8-9-10-11-12-13-17-26-58(69)66(42-44-27-29-47(63)30-28-44)57-41-54(65-74-43-45-22-15-14-16-23-45)51-38-46(24-18-20-35-67)50(25-19-21-36-68)59-52-39-49(32-34-55(52)76-62(57,60(51)59)73-37-6-2)75-61(70)64-53-33-31-48(71-3)40-56(53)72-4/h6,14-16,22-23,27-34,38-40,46,50,57,59-60,67-68H,2,5,7-13,17-21,24-26,35-37,41-43H2,1,3-4H3,(H,64,70). The van der Waals surface area contributed by atoms with E-state index in [-0.39, 0.29) is 81.0 Å². The molecule has 1 heterocycles. The van der Waals surface area contributed by atoms with Crippen LogP contribution in [0.5, 0.6) is 23.0 Å². The number of nitrogens with one attached hydrogen (secondary N) is 1. The highest BCUT2D eigenvalue weighted by Crippen LogP contribution is 2.62. The Bertz CT molecular complexity index is 2540. The van der Waals surface area contributed by atoms with Gasteiger partial charge in [0.2, 0.25) is 11.7 Å². The van der Waals surface area contributed by atoms with Crippen molar-refractivity contribution in [3.63, 3.8) is 0 Å². The van der Waals surface area contributed by atoms with Crippen molar-refractivity contribution in [2.75, 3.05) is 39.4 Å². The van der Waals surface area contributed by atoms with E-state index in [1.807, 2.05) is 47.4 Å². The molecule has 1 aliphatic heterocycles. The van der Waals surface area contributed by atoms with Gasteiger partial charge in [0.1, 0.15) is 41.5 Å². The molecular weight excluding hydrogens is 966 g/mol. The number of allylic oxidation sites excluding steroid dienone is 1. The Morgan fingerprint density at radius 3 is 2.24 bits per heavy atom. The summed E-state index contributed by atoms with van der Waals surface area (Å²) in [4.78, 5) is 37.3. The average molecular weight is 1050 g/mol. The third-order valence-corrected chi connectivity index (χ3v) is 15.2. The number of oxime groups is 1. The summed E-state index contributed by atoms with van der Waals surface area (Å²) in [6.07, 6.45) is 17.8. The van der Waals surface area contributed by atoms with Gasteiger partial charge in [0, 0.05) is 50.1 Å². The van der Waals surface area contributed by atoms with Gasteiger partial charge < -0.3 is 43.6 Å². The minimum absolute atomic E-state index is 0.0283. The van der Waals surface area contributed by atoms with E-state index in [1.54, 1.807) is 49.6 Å². The van der Waals surface area contributed by atoms with E-state index in [0.717, 1.165) is 60.8 Å². The Balaban J connectivity index is 1.36. The fourth-order valence-electron chi connectivity index (χ4n) is 11.5. The van der Waals surface area contributed by atoms with E-state index in [2.05, 4.69) is 24.9 Å². The molecule has 76 heavy (non-hydrogen) atoms. The first-order chi connectivity index (χ1) is 37.2. The van der Waals surface area contributed by atoms with Gasteiger partial charge in [-0.05, 0) is 103 Å². The monoisotopic (exact) mass is 1050 g/mol. The maximum absolute atomic E-state index is 15.3. The molecule has 3 aliphatic rings. The molecule has 0 aromatic heterocycles. The lowest BCUT2D eigenvalue weighted by Gasteiger charge is -2.60. The predicted molar refractivity (Wildman–Crippen MR) is 294 cm³/mol. The Labute approximate surface area is 449 Å². The van der Waals surface area contributed by atoms with Crippen molar-refractivity contribution in [3.8, 4) is 23.0 Å². The van der Waals surface area contributed by atoms with Crippen LogP contribution in [0.3, 0.4) is 0 Å². The van der Waals surface area contributed by atoms with Gasteiger partial charge >= 0.3 is 6.09 Å². The summed E-state index contributed by atoms with van der Waals surface area (Å²) in [7, 11) is 3.06. The van der Waals surface area contributed by atoms with Crippen molar-refractivity contribution in [3.05, 3.63) is 138 Å². The first-order valence-electron chi connectivity index (χ1n) is 27.7. The Morgan fingerprint density at radius 1 is 0.829 bits per heavy atom. The highest BCUT2D eigenvalue weighted by molar-refractivity contribution is 6.03. The first kappa shape index (κ1) is 57.5. The zero-order valence-electron chi connectivity index (χ0n) is 44.9. The van der Waals surface area contributed by atoms with Crippen molar-refractivity contribution >= 4 is 23.4 Å². The third kappa shape index (κ3) is 14.8. The SMILES string of the molecule is C=CCOC12Oc3ccc(OC(=O)Nc4ccc(OC)cc4OC)cc3C3C(CCCCO)C(CCCCO)C=C(C(=NOCc4ccccc4)CC1N(Cc1ccc(F)cc1)C(=O)CCCCCCCCCCC)C32. The topological polar surface area (TPSA) is 158 Å². The highest BCUT2D eigenvalue weighted by atomic mass is 19.1. The number of benzene rings is 4. The van der Waals surface area contributed by atoms with Crippen LogP contribution in [-0.4, -0.2) is 78.7 Å². The van der Waals surface area contributed by atoms with Gasteiger partial charge in [-0.25, -0.2) is 9.18 Å². The molecule has 0 bridgehead atoms. The van der Waals surface area contributed by atoms with Crippen LogP contribution in [0.4, 0.5) is 14.9 Å². The van der Waals surface area contributed by atoms with Crippen molar-refractivity contribution in [1.29, 1.82) is 0 Å². The van der Waals surface area contributed by atoms with Crippen LogP contribution in [0.1, 0.15) is 139 Å². The molecule has 6 atom stereocenters. The lowest BCUT2D eigenvalue weighted by molar-refractivity contribution is -0.258. The first-order valence-corrected chi connectivity index (χ1v) is 27.7. The van der Waals surface area contributed by atoms with Crippen molar-refractivity contribution in [2.45, 2.75) is 147 Å². The molecule has 1 fully saturated rings. The third-order valence-electron chi connectivity index (χ3n) is 15.2. The molecule has 410 valence electrons. The molecule has 0 saturated heterocycles. The zero-order chi connectivity index (χ0) is 53.7. The molecule has 2 amide bonds. The molecule has 0 radical (unpaired) electrons. The van der Waals surface area contributed by atoms with E-state index in [1.165, 1.54) is 51.3 Å². The minimum Gasteiger partial charge on any atom is -0.497 e. The Morgan fingerprint density at radius 2 is 1.54 bits per heavy atom. The number of halogens is 1. The van der Waals surface area contributed by atoms with Gasteiger partial charge in [-0.2, -0.15) is 0 Å². The number of unbranched alkanes of at least 4 members (excludes halogenated alkanes) is 10. The molecule has 0 spiro atoms. The molecule has 2 aliphatic carbocycles. The molecule has 13 nitrogen and oxygen atoms in total.